The second-order valence-electron chi connectivity index (χ2n) is 3.92. The van der Waals surface area contributed by atoms with Crippen molar-refractivity contribution in [3.63, 3.8) is 0 Å². The molecule has 0 saturated carbocycles. The first-order chi connectivity index (χ1) is 5.91. The lowest BCUT2D eigenvalue weighted by Gasteiger charge is -2.35. The van der Waals surface area contributed by atoms with Crippen LogP contribution in [0, 0.1) is 5.41 Å². The van der Waals surface area contributed by atoms with Gasteiger partial charge in [-0.05, 0) is 24.7 Å². The molecule has 0 aromatic carbocycles. The summed E-state index contributed by atoms with van der Waals surface area (Å²) in [5.41, 5.74) is 0.519. The number of hydrogen-bond acceptors (Lipinski definition) is 2. The Morgan fingerprint density at radius 1 is 1.15 bits per heavy atom. The maximum atomic E-state index is 5.39. The molecule has 0 radical (unpaired) electrons. The third kappa shape index (κ3) is 2.70. The number of allylic oxidation sites excluding steroid dienone is 1. The minimum atomic E-state index is 0. The Balaban J connectivity index is 0.000000845. The SMILES string of the molecule is C1=CCC2(CCOCC2)CNC1.Cl. The zero-order chi connectivity index (χ0) is 8.28. The molecule has 2 heterocycles. The van der Waals surface area contributed by atoms with E-state index in [1.54, 1.807) is 0 Å². The molecule has 2 rings (SSSR count). The molecule has 0 amide bonds. The third-order valence-electron chi connectivity index (χ3n) is 3.03. The van der Waals surface area contributed by atoms with Gasteiger partial charge in [0.2, 0.25) is 0 Å². The molecule has 0 unspecified atom stereocenters. The molecule has 0 aliphatic carbocycles. The van der Waals surface area contributed by atoms with Crippen LogP contribution < -0.4 is 5.32 Å². The number of halogens is 1. The molecule has 0 aromatic heterocycles. The summed E-state index contributed by atoms with van der Waals surface area (Å²) < 4.78 is 5.39. The van der Waals surface area contributed by atoms with Crippen LogP contribution in [0.4, 0.5) is 0 Å². The van der Waals surface area contributed by atoms with Crippen LogP contribution in [0.2, 0.25) is 0 Å². The Morgan fingerprint density at radius 2 is 1.92 bits per heavy atom. The molecule has 13 heavy (non-hydrogen) atoms. The molecule has 1 spiro atoms. The first-order valence-electron chi connectivity index (χ1n) is 4.85. The van der Waals surface area contributed by atoms with Crippen LogP contribution >= 0.6 is 12.4 Å². The molecule has 2 aliphatic heterocycles. The Hall–Kier alpha value is -0.0500. The second kappa shape index (κ2) is 4.99. The maximum Gasteiger partial charge on any atom is 0.0471 e. The van der Waals surface area contributed by atoms with Crippen LogP contribution in [0.3, 0.4) is 0 Å². The average Bonchev–Trinajstić information content (AvgIpc) is 2.33. The van der Waals surface area contributed by atoms with Crippen molar-refractivity contribution in [3.8, 4) is 0 Å². The highest BCUT2D eigenvalue weighted by Crippen LogP contribution is 2.34. The summed E-state index contributed by atoms with van der Waals surface area (Å²) in [4.78, 5) is 0. The standard InChI is InChI=1S/C10H17NO.ClH/c1-2-6-11-9-10(3-1)4-7-12-8-5-10;/h1-2,11H,3-9H2;1H. The molecule has 0 bridgehead atoms. The van der Waals surface area contributed by atoms with Gasteiger partial charge in [-0.25, -0.2) is 0 Å². The molecular formula is C10H18ClNO. The monoisotopic (exact) mass is 203 g/mol. The van der Waals surface area contributed by atoms with Crippen molar-refractivity contribution in [3.05, 3.63) is 12.2 Å². The van der Waals surface area contributed by atoms with E-state index in [9.17, 15) is 0 Å². The maximum absolute atomic E-state index is 5.39. The van der Waals surface area contributed by atoms with Crippen LogP contribution in [-0.4, -0.2) is 26.3 Å². The summed E-state index contributed by atoms with van der Waals surface area (Å²) in [6, 6.07) is 0. The van der Waals surface area contributed by atoms with Crippen molar-refractivity contribution >= 4 is 12.4 Å². The van der Waals surface area contributed by atoms with E-state index in [0.29, 0.717) is 5.41 Å². The number of hydrogen-bond donors (Lipinski definition) is 1. The van der Waals surface area contributed by atoms with E-state index in [4.69, 9.17) is 4.74 Å². The highest BCUT2D eigenvalue weighted by molar-refractivity contribution is 5.85. The van der Waals surface area contributed by atoms with E-state index in [0.717, 1.165) is 19.8 Å². The summed E-state index contributed by atoms with van der Waals surface area (Å²) in [6.45, 7) is 4.12. The van der Waals surface area contributed by atoms with Gasteiger partial charge in [-0.1, -0.05) is 12.2 Å². The van der Waals surface area contributed by atoms with Crippen LogP contribution in [0.1, 0.15) is 19.3 Å². The average molecular weight is 204 g/mol. The molecule has 3 heteroatoms. The van der Waals surface area contributed by atoms with Gasteiger partial charge >= 0.3 is 0 Å². The highest BCUT2D eigenvalue weighted by Gasteiger charge is 2.31. The van der Waals surface area contributed by atoms with Crippen molar-refractivity contribution in [2.45, 2.75) is 19.3 Å². The predicted molar refractivity (Wildman–Crippen MR) is 56.4 cm³/mol. The molecule has 2 nitrogen and oxygen atoms in total. The topological polar surface area (TPSA) is 21.3 Å². The number of rotatable bonds is 0. The Bertz CT molecular complexity index is 176. The molecule has 1 saturated heterocycles. The van der Waals surface area contributed by atoms with Crippen molar-refractivity contribution in [2.24, 2.45) is 5.41 Å². The summed E-state index contributed by atoms with van der Waals surface area (Å²) >= 11 is 0. The molecule has 76 valence electrons. The fraction of sp³-hybridized carbons (Fsp3) is 0.800. The van der Waals surface area contributed by atoms with Crippen molar-refractivity contribution < 1.29 is 4.74 Å². The van der Waals surface area contributed by atoms with Gasteiger partial charge in [-0.15, -0.1) is 12.4 Å². The van der Waals surface area contributed by atoms with E-state index in [-0.39, 0.29) is 12.4 Å². The van der Waals surface area contributed by atoms with Gasteiger partial charge in [0, 0.05) is 26.3 Å². The van der Waals surface area contributed by atoms with Crippen LogP contribution in [0.25, 0.3) is 0 Å². The highest BCUT2D eigenvalue weighted by atomic mass is 35.5. The number of nitrogens with one attached hydrogen (secondary N) is 1. The van der Waals surface area contributed by atoms with Crippen LogP contribution in [0.5, 0.6) is 0 Å². The van der Waals surface area contributed by atoms with E-state index < -0.39 is 0 Å². The van der Waals surface area contributed by atoms with Gasteiger partial charge in [-0.2, -0.15) is 0 Å². The molecule has 1 N–H and O–H groups in total. The lowest BCUT2D eigenvalue weighted by Crippen LogP contribution is -2.37. The summed E-state index contributed by atoms with van der Waals surface area (Å²) in [6.07, 6.45) is 8.26. The fourth-order valence-corrected chi connectivity index (χ4v) is 2.09. The molecule has 1 fully saturated rings. The quantitative estimate of drug-likeness (QED) is 0.606. The molecule has 2 aliphatic rings. The van der Waals surface area contributed by atoms with E-state index >= 15 is 0 Å². The Labute approximate surface area is 86.1 Å². The normalized spacial score (nSPS) is 26.5. The van der Waals surface area contributed by atoms with Gasteiger partial charge in [0.15, 0.2) is 0 Å². The summed E-state index contributed by atoms with van der Waals surface area (Å²) in [5, 5.41) is 3.47. The van der Waals surface area contributed by atoms with Crippen molar-refractivity contribution in [2.75, 3.05) is 26.3 Å². The van der Waals surface area contributed by atoms with E-state index in [1.807, 2.05) is 0 Å². The van der Waals surface area contributed by atoms with Gasteiger partial charge in [-0.3, -0.25) is 0 Å². The minimum absolute atomic E-state index is 0. The molecular weight excluding hydrogens is 186 g/mol. The van der Waals surface area contributed by atoms with E-state index in [2.05, 4.69) is 17.5 Å². The first-order valence-corrected chi connectivity index (χ1v) is 4.85. The predicted octanol–water partition coefficient (Wildman–Crippen LogP) is 1.75. The van der Waals surface area contributed by atoms with Crippen LogP contribution in [0.15, 0.2) is 12.2 Å². The zero-order valence-electron chi connectivity index (χ0n) is 7.92. The second-order valence-corrected chi connectivity index (χ2v) is 3.92. The number of ether oxygens (including phenoxy) is 1. The molecule has 0 aromatic rings. The fourth-order valence-electron chi connectivity index (χ4n) is 2.09. The summed E-state index contributed by atoms with van der Waals surface area (Å²) in [5.74, 6) is 0. The van der Waals surface area contributed by atoms with Gasteiger partial charge in [0.1, 0.15) is 0 Å². The van der Waals surface area contributed by atoms with E-state index in [1.165, 1.54) is 25.8 Å². The van der Waals surface area contributed by atoms with Gasteiger partial charge in [0.25, 0.3) is 0 Å². The van der Waals surface area contributed by atoms with Crippen molar-refractivity contribution in [1.82, 2.24) is 5.32 Å². The van der Waals surface area contributed by atoms with Crippen LogP contribution in [-0.2, 0) is 4.74 Å². The smallest absolute Gasteiger partial charge is 0.0471 e. The lowest BCUT2D eigenvalue weighted by molar-refractivity contribution is 0.0175. The van der Waals surface area contributed by atoms with Crippen molar-refractivity contribution in [1.29, 1.82) is 0 Å². The summed E-state index contributed by atoms with van der Waals surface area (Å²) in [7, 11) is 0. The first kappa shape index (κ1) is 11.0. The van der Waals surface area contributed by atoms with Gasteiger partial charge in [0.05, 0.1) is 0 Å². The largest absolute Gasteiger partial charge is 0.381 e. The Morgan fingerprint density at radius 3 is 2.69 bits per heavy atom. The zero-order valence-corrected chi connectivity index (χ0v) is 8.74. The molecule has 0 atom stereocenters. The Kier molecular flexibility index (Phi) is 4.23. The van der Waals surface area contributed by atoms with Gasteiger partial charge < -0.3 is 10.1 Å². The minimum Gasteiger partial charge on any atom is -0.381 e. The lowest BCUT2D eigenvalue weighted by atomic mass is 9.77. The third-order valence-corrected chi connectivity index (χ3v) is 3.03.